The van der Waals surface area contributed by atoms with E-state index in [4.69, 9.17) is 32.7 Å². The largest absolute Gasteiger partial charge is 0.495 e. The van der Waals surface area contributed by atoms with E-state index in [9.17, 15) is 4.79 Å². The van der Waals surface area contributed by atoms with Crippen molar-refractivity contribution in [3.8, 4) is 5.75 Å². The molecule has 2 aromatic carbocycles. The number of rotatable bonds is 5. The van der Waals surface area contributed by atoms with Gasteiger partial charge >= 0.3 is 5.97 Å². The maximum atomic E-state index is 12.4. The predicted octanol–water partition coefficient (Wildman–Crippen LogP) is 5.18. The second-order valence-corrected chi connectivity index (χ2v) is 6.30. The molecular weight excluding hydrogens is 361 g/mol. The van der Waals surface area contributed by atoms with Gasteiger partial charge in [0, 0.05) is 11.9 Å². The van der Waals surface area contributed by atoms with Crippen LogP contribution in [-0.4, -0.2) is 24.3 Å². The highest BCUT2D eigenvalue weighted by Crippen LogP contribution is 2.31. The molecule has 130 valence electrons. The van der Waals surface area contributed by atoms with Crippen LogP contribution in [0.3, 0.4) is 0 Å². The Kier molecular flexibility index (Phi) is 5.21. The molecule has 25 heavy (non-hydrogen) atoms. The minimum atomic E-state index is -0.374. The number of hydrogen-bond donors (Lipinski definition) is 0. The fourth-order valence-electron chi connectivity index (χ4n) is 2.81. The number of methoxy groups -OCH3 is 1. The zero-order valence-corrected chi connectivity index (χ0v) is 15.4. The normalized spacial score (nSPS) is 10.9. The second kappa shape index (κ2) is 7.38. The average Bonchev–Trinajstić information content (AvgIpc) is 2.97. The first-order chi connectivity index (χ1) is 12.0. The Labute approximate surface area is 155 Å². The summed E-state index contributed by atoms with van der Waals surface area (Å²) in [6, 6.07) is 12.9. The monoisotopic (exact) mass is 377 g/mol. The third-order valence-corrected chi connectivity index (χ3v) is 4.65. The van der Waals surface area contributed by atoms with Crippen LogP contribution < -0.4 is 4.74 Å². The Morgan fingerprint density at radius 2 is 1.92 bits per heavy atom. The number of nitrogens with zero attached hydrogens (tertiary/aromatic N) is 1. The van der Waals surface area contributed by atoms with E-state index in [-0.39, 0.29) is 5.97 Å². The fourth-order valence-corrected chi connectivity index (χ4v) is 3.13. The van der Waals surface area contributed by atoms with Crippen molar-refractivity contribution in [1.29, 1.82) is 0 Å². The van der Waals surface area contributed by atoms with E-state index < -0.39 is 0 Å². The number of fused-ring (bicyclic) bond motifs is 1. The molecule has 3 aromatic rings. The van der Waals surface area contributed by atoms with Gasteiger partial charge in [-0.15, -0.1) is 0 Å². The Hall–Kier alpha value is -2.17. The van der Waals surface area contributed by atoms with E-state index in [1.54, 1.807) is 26.2 Å². The number of halogens is 2. The number of esters is 1. The summed E-state index contributed by atoms with van der Waals surface area (Å²) in [5.41, 5.74) is 2.22. The van der Waals surface area contributed by atoms with Crippen LogP contribution in [0.4, 0.5) is 0 Å². The summed E-state index contributed by atoms with van der Waals surface area (Å²) in [5, 5.41) is 1.87. The molecule has 0 unspecified atom stereocenters. The maximum Gasteiger partial charge on any atom is 0.354 e. The van der Waals surface area contributed by atoms with Crippen molar-refractivity contribution in [1.82, 2.24) is 4.57 Å². The van der Waals surface area contributed by atoms with Crippen LogP contribution in [0.5, 0.6) is 5.75 Å². The van der Waals surface area contributed by atoms with E-state index in [0.717, 1.165) is 16.5 Å². The van der Waals surface area contributed by atoms with Gasteiger partial charge in [-0.3, -0.25) is 0 Å². The molecule has 0 N–H and O–H groups in total. The average molecular weight is 378 g/mol. The molecule has 0 aliphatic heterocycles. The van der Waals surface area contributed by atoms with E-state index in [1.807, 2.05) is 34.9 Å². The standard InChI is InChI=1S/C19H17Cl2NO3/c1-3-25-19(23)16-10-13-5-4-6-17(24-2)18(13)22(16)11-12-7-8-14(20)15(21)9-12/h4-10H,3,11H2,1-2H3. The predicted molar refractivity (Wildman–Crippen MR) is 100 cm³/mol. The van der Waals surface area contributed by atoms with E-state index >= 15 is 0 Å². The lowest BCUT2D eigenvalue weighted by molar-refractivity contribution is 0.0515. The molecule has 0 saturated heterocycles. The van der Waals surface area contributed by atoms with Gasteiger partial charge < -0.3 is 14.0 Å². The second-order valence-electron chi connectivity index (χ2n) is 5.48. The Balaban J connectivity index is 2.16. The number of carbonyl (C=O) groups excluding carboxylic acids is 1. The first-order valence-electron chi connectivity index (χ1n) is 7.82. The lowest BCUT2D eigenvalue weighted by Crippen LogP contribution is -2.13. The molecule has 4 nitrogen and oxygen atoms in total. The molecule has 0 aliphatic carbocycles. The van der Waals surface area contributed by atoms with Crippen molar-refractivity contribution < 1.29 is 14.3 Å². The molecule has 0 fully saturated rings. The van der Waals surface area contributed by atoms with E-state index in [0.29, 0.717) is 34.6 Å². The van der Waals surface area contributed by atoms with Gasteiger partial charge in [0.1, 0.15) is 11.4 Å². The first kappa shape index (κ1) is 17.6. The van der Waals surface area contributed by atoms with Gasteiger partial charge in [-0.25, -0.2) is 4.79 Å². The molecule has 0 bridgehead atoms. The molecule has 0 spiro atoms. The summed E-state index contributed by atoms with van der Waals surface area (Å²) in [5.74, 6) is 0.314. The minimum absolute atomic E-state index is 0.310. The summed E-state index contributed by atoms with van der Waals surface area (Å²) in [4.78, 5) is 12.4. The minimum Gasteiger partial charge on any atom is -0.495 e. The van der Waals surface area contributed by atoms with Crippen molar-refractivity contribution in [3.63, 3.8) is 0 Å². The van der Waals surface area contributed by atoms with Gasteiger partial charge in [0.25, 0.3) is 0 Å². The first-order valence-corrected chi connectivity index (χ1v) is 8.58. The zero-order valence-electron chi connectivity index (χ0n) is 13.9. The smallest absolute Gasteiger partial charge is 0.354 e. The van der Waals surface area contributed by atoms with Gasteiger partial charge in [0.05, 0.1) is 29.3 Å². The van der Waals surface area contributed by atoms with Crippen LogP contribution in [-0.2, 0) is 11.3 Å². The summed E-state index contributed by atoms with van der Waals surface area (Å²) >= 11 is 12.1. The van der Waals surface area contributed by atoms with Crippen LogP contribution in [0.25, 0.3) is 10.9 Å². The van der Waals surface area contributed by atoms with Crippen LogP contribution in [0.1, 0.15) is 23.0 Å². The van der Waals surface area contributed by atoms with Crippen LogP contribution in [0, 0.1) is 0 Å². The van der Waals surface area contributed by atoms with Crippen molar-refractivity contribution in [2.75, 3.05) is 13.7 Å². The van der Waals surface area contributed by atoms with Crippen molar-refractivity contribution >= 4 is 40.1 Å². The molecule has 1 aromatic heterocycles. The molecule has 0 atom stereocenters. The van der Waals surface area contributed by atoms with Gasteiger partial charge in [-0.05, 0) is 36.8 Å². The van der Waals surface area contributed by atoms with E-state index in [2.05, 4.69) is 0 Å². The van der Waals surface area contributed by atoms with Gasteiger partial charge in [0.15, 0.2) is 0 Å². The van der Waals surface area contributed by atoms with E-state index in [1.165, 1.54) is 0 Å². The number of para-hydroxylation sites is 1. The number of aromatic nitrogens is 1. The Morgan fingerprint density at radius 3 is 2.60 bits per heavy atom. The summed E-state index contributed by atoms with van der Waals surface area (Å²) in [6.07, 6.45) is 0. The third-order valence-electron chi connectivity index (χ3n) is 3.91. The topological polar surface area (TPSA) is 40.5 Å². The van der Waals surface area contributed by atoms with Crippen LogP contribution >= 0.6 is 23.2 Å². The third kappa shape index (κ3) is 3.46. The highest BCUT2D eigenvalue weighted by Gasteiger charge is 2.19. The number of ether oxygens (including phenoxy) is 2. The molecule has 0 radical (unpaired) electrons. The van der Waals surface area contributed by atoms with Crippen molar-refractivity contribution in [2.45, 2.75) is 13.5 Å². The SMILES string of the molecule is CCOC(=O)c1cc2cccc(OC)c2n1Cc1ccc(Cl)c(Cl)c1. The fraction of sp³-hybridized carbons (Fsp3) is 0.211. The Morgan fingerprint density at radius 1 is 1.12 bits per heavy atom. The number of carbonyl (C=O) groups is 1. The summed E-state index contributed by atoms with van der Waals surface area (Å²) in [7, 11) is 1.61. The maximum absolute atomic E-state index is 12.4. The summed E-state index contributed by atoms with van der Waals surface area (Å²) in [6.45, 7) is 2.53. The number of hydrogen-bond acceptors (Lipinski definition) is 3. The van der Waals surface area contributed by atoms with Gasteiger partial charge in [-0.1, -0.05) is 41.4 Å². The highest BCUT2D eigenvalue weighted by atomic mass is 35.5. The molecule has 0 saturated carbocycles. The Bertz CT molecular complexity index is 934. The quantitative estimate of drug-likeness (QED) is 0.575. The summed E-state index contributed by atoms with van der Waals surface area (Å²) < 4.78 is 12.6. The van der Waals surface area contributed by atoms with Crippen molar-refractivity contribution in [3.05, 3.63) is 63.8 Å². The molecule has 0 amide bonds. The van der Waals surface area contributed by atoms with Gasteiger partial charge in [0.2, 0.25) is 0 Å². The molecular formula is C19H17Cl2NO3. The number of benzene rings is 2. The molecule has 3 rings (SSSR count). The lowest BCUT2D eigenvalue weighted by atomic mass is 10.2. The van der Waals surface area contributed by atoms with Crippen molar-refractivity contribution in [2.24, 2.45) is 0 Å². The van der Waals surface area contributed by atoms with Gasteiger partial charge in [-0.2, -0.15) is 0 Å². The van der Waals surface area contributed by atoms with Crippen LogP contribution in [0.15, 0.2) is 42.5 Å². The molecule has 6 heteroatoms. The zero-order chi connectivity index (χ0) is 18.0. The van der Waals surface area contributed by atoms with Crippen LogP contribution in [0.2, 0.25) is 10.0 Å². The lowest BCUT2D eigenvalue weighted by Gasteiger charge is -2.13. The highest BCUT2D eigenvalue weighted by molar-refractivity contribution is 6.42. The molecule has 0 aliphatic rings. The molecule has 1 heterocycles.